The number of hydrogen-bond donors (Lipinski definition) is 0. The Morgan fingerprint density at radius 1 is 1.00 bits per heavy atom. The van der Waals surface area contributed by atoms with Gasteiger partial charge in [-0.1, -0.05) is 18.2 Å². The van der Waals surface area contributed by atoms with Gasteiger partial charge in [0.1, 0.15) is 5.75 Å². The molecule has 0 saturated heterocycles. The third-order valence-electron chi connectivity index (χ3n) is 2.11. The first kappa shape index (κ1) is 13.9. The Morgan fingerprint density at radius 3 is 2.11 bits per heavy atom. The lowest BCUT2D eigenvalue weighted by molar-refractivity contribution is -0.152. The summed E-state index contributed by atoms with van der Waals surface area (Å²) in [5.74, 6) is -1.21. The van der Waals surface area contributed by atoms with E-state index < -0.39 is 18.0 Å². The highest BCUT2D eigenvalue weighted by atomic mass is 16.6. The number of para-hydroxylation sites is 1. The number of carbonyl (C=O) groups is 3. The summed E-state index contributed by atoms with van der Waals surface area (Å²) in [6, 6.07) is 6.44. The van der Waals surface area contributed by atoms with Gasteiger partial charge in [-0.05, 0) is 13.0 Å². The number of carbonyl (C=O) groups excluding carboxylic acids is 3. The fourth-order valence-electron chi connectivity index (χ4n) is 1.48. The predicted molar refractivity (Wildman–Crippen MR) is 62.9 cm³/mol. The van der Waals surface area contributed by atoms with Crippen LogP contribution in [0.1, 0.15) is 32.4 Å². The molecule has 0 aromatic heterocycles. The van der Waals surface area contributed by atoms with Crippen molar-refractivity contribution in [2.45, 2.75) is 26.9 Å². The third-order valence-corrected chi connectivity index (χ3v) is 2.11. The Labute approximate surface area is 105 Å². The summed E-state index contributed by atoms with van der Waals surface area (Å²) >= 11 is 0. The minimum absolute atomic E-state index is 0.214. The average Bonchev–Trinajstić information content (AvgIpc) is 2.25. The average molecular weight is 250 g/mol. The monoisotopic (exact) mass is 250 g/mol. The predicted octanol–water partition coefficient (Wildman–Crippen LogP) is 1.81. The van der Waals surface area contributed by atoms with Crippen LogP contribution in [-0.2, 0) is 19.1 Å². The summed E-state index contributed by atoms with van der Waals surface area (Å²) in [5.41, 5.74) is 0.357. The van der Waals surface area contributed by atoms with Crippen LogP contribution in [-0.4, -0.2) is 17.7 Å². The summed E-state index contributed by atoms with van der Waals surface area (Å²) in [5, 5.41) is 0. The molecule has 0 aliphatic carbocycles. The van der Waals surface area contributed by atoms with Crippen LogP contribution >= 0.6 is 0 Å². The van der Waals surface area contributed by atoms with Crippen molar-refractivity contribution in [3.63, 3.8) is 0 Å². The molecule has 0 radical (unpaired) electrons. The maximum Gasteiger partial charge on any atom is 0.308 e. The van der Waals surface area contributed by atoms with Crippen molar-refractivity contribution in [2.75, 3.05) is 0 Å². The molecule has 1 aromatic rings. The van der Waals surface area contributed by atoms with Gasteiger partial charge in [0.15, 0.2) is 11.9 Å². The summed E-state index contributed by atoms with van der Waals surface area (Å²) in [6.07, 6.45) is -1.06. The summed E-state index contributed by atoms with van der Waals surface area (Å²) in [7, 11) is 0. The van der Waals surface area contributed by atoms with Gasteiger partial charge in [-0.15, -0.1) is 0 Å². The molecular formula is C13H14O5. The standard InChI is InChI=1S/C13H14O5/c1-8(14)13(18-10(3)16)11-6-4-5-7-12(11)17-9(2)15/h4-7,13H,1-3H3. The topological polar surface area (TPSA) is 69.7 Å². The lowest BCUT2D eigenvalue weighted by Gasteiger charge is -2.17. The summed E-state index contributed by atoms with van der Waals surface area (Å²) in [6.45, 7) is 3.77. The summed E-state index contributed by atoms with van der Waals surface area (Å²) in [4.78, 5) is 33.4. The highest BCUT2D eigenvalue weighted by molar-refractivity contribution is 5.85. The van der Waals surface area contributed by atoms with Crippen LogP contribution in [0, 0.1) is 0 Å². The first-order chi connectivity index (χ1) is 8.41. The second kappa shape index (κ2) is 5.95. The minimum Gasteiger partial charge on any atom is -0.449 e. The Bertz CT molecular complexity index is 478. The second-order valence-electron chi connectivity index (χ2n) is 3.73. The molecule has 1 unspecified atom stereocenters. The first-order valence-electron chi connectivity index (χ1n) is 5.37. The van der Waals surface area contributed by atoms with E-state index >= 15 is 0 Å². The first-order valence-corrected chi connectivity index (χ1v) is 5.37. The van der Waals surface area contributed by atoms with E-state index in [-0.39, 0.29) is 11.5 Å². The van der Waals surface area contributed by atoms with Gasteiger partial charge in [-0.2, -0.15) is 0 Å². The van der Waals surface area contributed by atoms with Crippen LogP contribution in [0.3, 0.4) is 0 Å². The van der Waals surface area contributed by atoms with Gasteiger partial charge in [0, 0.05) is 19.4 Å². The third kappa shape index (κ3) is 3.69. The zero-order valence-electron chi connectivity index (χ0n) is 10.4. The highest BCUT2D eigenvalue weighted by Crippen LogP contribution is 2.28. The van der Waals surface area contributed by atoms with Crippen LogP contribution in [0.4, 0.5) is 0 Å². The van der Waals surface area contributed by atoms with Gasteiger partial charge < -0.3 is 9.47 Å². The lowest BCUT2D eigenvalue weighted by atomic mass is 10.1. The number of rotatable bonds is 4. The fraction of sp³-hybridized carbons (Fsp3) is 0.308. The van der Waals surface area contributed by atoms with Crippen molar-refractivity contribution in [1.29, 1.82) is 0 Å². The number of Topliss-reactive ketones (excluding diaryl/α,β-unsaturated/α-hetero) is 1. The van der Waals surface area contributed by atoms with Crippen LogP contribution < -0.4 is 4.74 Å². The van der Waals surface area contributed by atoms with Crippen molar-refractivity contribution < 1.29 is 23.9 Å². The van der Waals surface area contributed by atoms with Crippen molar-refractivity contribution in [1.82, 2.24) is 0 Å². The molecule has 96 valence electrons. The van der Waals surface area contributed by atoms with E-state index in [4.69, 9.17) is 9.47 Å². The molecule has 0 heterocycles. The van der Waals surface area contributed by atoms with Gasteiger partial charge in [0.25, 0.3) is 0 Å². The molecule has 18 heavy (non-hydrogen) atoms. The minimum atomic E-state index is -1.06. The Balaban J connectivity index is 3.14. The SMILES string of the molecule is CC(=O)Oc1ccccc1C(OC(C)=O)C(C)=O. The van der Waals surface area contributed by atoms with Crippen molar-refractivity contribution in [3.05, 3.63) is 29.8 Å². The van der Waals surface area contributed by atoms with E-state index in [9.17, 15) is 14.4 Å². The molecule has 1 atom stereocenters. The molecule has 5 heteroatoms. The van der Waals surface area contributed by atoms with Crippen molar-refractivity contribution in [2.24, 2.45) is 0 Å². The maximum atomic E-state index is 11.5. The fourth-order valence-corrected chi connectivity index (χ4v) is 1.48. The number of ether oxygens (including phenoxy) is 2. The van der Waals surface area contributed by atoms with Crippen LogP contribution in [0.15, 0.2) is 24.3 Å². The van der Waals surface area contributed by atoms with Gasteiger partial charge in [0.2, 0.25) is 0 Å². The van der Waals surface area contributed by atoms with Gasteiger partial charge in [0.05, 0.1) is 0 Å². The number of ketones is 1. The van der Waals surface area contributed by atoms with Crippen LogP contribution in [0.2, 0.25) is 0 Å². The van der Waals surface area contributed by atoms with Crippen molar-refractivity contribution in [3.8, 4) is 5.75 Å². The van der Waals surface area contributed by atoms with Gasteiger partial charge in [-0.25, -0.2) is 0 Å². The van der Waals surface area contributed by atoms with E-state index in [0.29, 0.717) is 5.56 Å². The molecular weight excluding hydrogens is 236 g/mol. The molecule has 0 amide bonds. The Kier molecular flexibility index (Phi) is 4.59. The van der Waals surface area contributed by atoms with Crippen LogP contribution in [0.25, 0.3) is 0 Å². The second-order valence-corrected chi connectivity index (χ2v) is 3.73. The van der Waals surface area contributed by atoms with Gasteiger partial charge >= 0.3 is 11.9 Å². The zero-order chi connectivity index (χ0) is 13.7. The molecule has 0 fully saturated rings. The molecule has 0 spiro atoms. The molecule has 0 aliphatic heterocycles. The molecule has 1 aromatic carbocycles. The molecule has 0 bridgehead atoms. The molecule has 0 N–H and O–H groups in total. The molecule has 5 nitrogen and oxygen atoms in total. The lowest BCUT2D eigenvalue weighted by Crippen LogP contribution is -2.17. The number of esters is 2. The van der Waals surface area contributed by atoms with Crippen LogP contribution in [0.5, 0.6) is 5.75 Å². The quantitative estimate of drug-likeness (QED) is 0.602. The highest BCUT2D eigenvalue weighted by Gasteiger charge is 2.24. The molecule has 0 aliphatic rings. The van der Waals surface area contributed by atoms with E-state index in [1.807, 2.05) is 0 Å². The zero-order valence-corrected chi connectivity index (χ0v) is 10.4. The molecule has 1 rings (SSSR count). The van der Waals surface area contributed by atoms with E-state index in [2.05, 4.69) is 0 Å². The number of benzene rings is 1. The maximum absolute atomic E-state index is 11.5. The van der Waals surface area contributed by atoms with Crippen molar-refractivity contribution >= 4 is 17.7 Å². The van der Waals surface area contributed by atoms with E-state index in [0.717, 1.165) is 0 Å². The summed E-state index contributed by atoms with van der Waals surface area (Å²) < 4.78 is 9.92. The van der Waals surface area contributed by atoms with Gasteiger partial charge in [-0.3, -0.25) is 14.4 Å². The number of hydrogen-bond acceptors (Lipinski definition) is 5. The Morgan fingerprint density at radius 2 is 1.61 bits per heavy atom. The van der Waals surface area contributed by atoms with E-state index in [1.165, 1.54) is 26.8 Å². The largest absolute Gasteiger partial charge is 0.449 e. The normalized spacial score (nSPS) is 11.5. The van der Waals surface area contributed by atoms with E-state index in [1.54, 1.807) is 18.2 Å². The molecule has 0 saturated carbocycles. The smallest absolute Gasteiger partial charge is 0.308 e. The Hall–Kier alpha value is -2.17.